The lowest BCUT2D eigenvalue weighted by atomic mass is 9.87. The lowest BCUT2D eigenvalue weighted by Gasteiger charge is -2.37. The van der Waals surface area contributed by atoms with E-state index in [1.165, 1.54) is 7.11 Å². The van der Waals surface area contributed by atoms with Crippen molar-refractivity contribution < 1.29 is 22.7 Å². The van der Waals surface area contributed by atoms with Crippen molar-refractivity contribution in [2.24, 2.45) is 11.8 Å². The zero-order valence-corrected chi connectivity index (χ0v) is 14.2. The van der Waals surface area contributed by atoms with Gasteiger partial charge in [0.15, 0.2) is 5.69 Å². The maximum Gasteiger partial charge on any atom is 0.433 e. The van der Waals surface area contributed by atoms with Crippen molar-refractivity contribution in [2.45, 2.75) is 32.4 Å². The van der Waals surface area contributed by atoms with E-state index in [-0.39, 0.29) is 23.6 Å². The van der Waals surface area contributed by atoms with Gasteiger partial charge in [0.1, 0.15) is 5.82 Å². The summed E-state index contributed by atoms with van der Waals surface area (Å²) in [5.74, 6) is 0.321. The zero-order valence-electron chi connectivity index (χ0n) is 13.4. The summed E-state index contributed by atoms with van der Waals surface area (Å²) >= 11 is 5.66. The molecule has 0 aromatic carbocycles. The predicted octanol–water partition coefficient (Wildman–Crippen LogP) is 3.56. The predicted molar refractivity (Wildman–Crippen MR) is 82.8 cm³/mol. The second-order valence-electron chi connectivity index (χ2n) is 6.10. The van der Waals surface area contributed by atoms with E-state index in [0.29, 0.717) is 25.9 Å². The maximum absolute atomic E-state index is 12.9. The van der Waals surface area contributed by atoms with Crippen LogP contribution in [0.2, 0.25) is 5.28 Å². The summed E-state index contributed by atoms with van der Waals surface area (Å²) < 4.78 is 43.3. The smallest absolute Gasteiger partial charge is 0.433 e. The fourth-order valence-electron chi connectivity index (χ4n) is 3.01. The molecule has 0 aliphatic carbocycles. The van der Waals surface area contributed by atoms with Gasteiger partial charge >= 0.3 is 12.1 Å². The van der Waals surface area contributed by atoms with Gasteiger partial charge in [-0.25, -0.2) is 9.97 Å². The maximum atomic E-state index is 12.9. The highest BCUT2D eigenvalue weighted by Gasteiger charge is 2.35. The fourth-order valence-corrected chi connectivity index (χ4v) is 3.19. The van der Waals surface area contributed by atoms with Gasteiger partial charge in [0.25, 0.3) is 0 Å². The standard InChI is InChI=1S/C15H19ClF3N3O2/c1-9-5-10(3-4-13(23)24-2)8-22(7-9)12-6-11(15(17,18)19)20-14(16)21-12/h6,9-10H,3-5,7-8H2,1-2H3. The van der Waals surface area contributed by atoms with E-state index < -0.39 is 17.2 Å². The number of aromatic nitrogens is 2. The first-order valence-electron chi connectivity index (χ1n) is 7.62. The van der Waals surface area contributed by atoms with Crippen LogP contribution in [-0.4, -0.2) is 36.1 Å². The summed E-state index contributed by atoms with van der Waals surface area (Å²) in [6, 6.07) is 0.918. The van der Waals surface area contributed by atoms with E-state index in [1.807, 2.05) is 6.92 Å². The minimum Gasteiger partial charge on any atom is -0.469 e. The van der Waals surface area contributed by atoms with Gasteiger partial charge in [0.2, 0.25) is 5.28 Å². The number of carbonyl (C=O) groups excluding carboxylic acids is 1. The molecule has 9 heteroatoms. The molecule has 1 aromatic heterocycles. The third kappa shape index (κ3) is 4.96. The van der Waals surface area contributed by atoms with Crippen molar-refractivity contribution in [3.63, 3.8) is 0 Å². The summed E-state index contributed by atoms with van der Waals surface area (Å²) in [5.41, 5.74) is -1.05. The van der Waals surface area contributed by atoms with Crippen molar-refractivity contribution in [3.8, 4) is 0 Å². The molecule has 134 valence electrons. The topological polar surface area (TPSA) is 55.3 Å². The monoisotopic (exact) mass is 365 g/mol. The molecule has 0 N–H and O–H groups in total. The van der Waals surface area contributed by atoms with Crippen molar-refractivity contribution >= 4 is 23.4 Å². The first-order valence-corrected chi connectivity index (χ1v) is 8.00. The molecule has 2 atom stereocenters. The van der Waals surface area contributed by atoms with Crippen LogP contribution in [-0.2, 0) is 15.7 Å². The van der Waals surface area contributed by atoms with Crippen LogP contribution >= 0.6 is 11.6 Å². The highest BCUT2D eigenvalue weighted by molar-refractivity contribution is 6.28. The molecule has 0 saturated carbocycles. The zero-order chi connectivity index (χ0) is 17.9. The van der Waals surface area contributed by atoms with E-state index >= 15 is 0 Å². The molecule has 1 aliphatic heterocycles. The number of nitrogens with zero attached hydrogens (tertiary/aromatic N) is 3. The number of alkyl halides is 3. The molecule has 2 heterocycles. The summed E-state index contributed by atoms with van der Waals surface area (Å²) in [5, 5.41) is -0.427. The van der Waals surface area contributed by atoms with Gasteiger partial charge in [-0.2, -0.15) is 13.2 Å². The summed E-state index contributed by atoms with van der Waals surface area (Å²) in [6.07, 6.45) is -2.76. The third-order valence-electron chi connectivity index (χ3n) is 4.03. The quantitative estimate of drug-likeness (QED) is 0.603. The number of carbonyl (C=O) groups is 1. The van der Waals surface area contributed by atoms with Crippen molar-refractivity contribution in [3.05, 3.63) is 17.0 Å². The lowest BCUT2D eigenvalue weighted by Crippen LogP contribution is -2.40. The van der Waals surface area contributed by atoms with Crippen LogP contribution in [0.15, 0.2) is 6.07 Å². The molecule has 1 fully saturated rings. The van der Waals surface area contributed by atoms with E-state index in [0.717, 1.165) is 12.5 Å². The van der Waals surface area contributed by atoms with Gasteiger partial charge in [-0.15, -0.1) is 0 Å². The van der Waals surface area contributed by atoms with Crippen LogP contribution in [0.4, 0.5) is 19.0 Å². The molecule has 0 spiro atoms. The van der Waals surface area contributed by atoms with Crippen LogP contribution in [0, 0.1) is 11.8 Å². The van der Waals surface area contributed by atoms with Crippen LogP contribution < -0.4 is 4.90 Å². The number of halogens is 4. The van der Waals surface area contributed by atoms with Crippen molar-refractivity contribution in [1.29, 1.82) is 0 Å². The Morgan fingerprint density at radius 2 is 2.12 bits per heavy atom. The van der Waals surface area contributed by atoms with Gasteiger partial charge in [0, 0.05) is 25.6 Å². The van der Waals surface area contributed by atoms with Gasteiger partial charge in [-0.05, 0) is 36.3 Å². The fraction of sp³-hybridized carbons (Fsp3) is 0.667. The molecule has 1 saturated heterocycles. The van der Waals surface area contributed by atoms with E-state index in [4.69, 9.17) is 11.6 Å². The Hall–Kier alpha value is -1.57. The molecule has 2 rings (SSSR count). The van der Waals surface area contributed by atoms with Crippen LogP contribution in [0.25, 0.3) is 0 Å². The number of hydrogen-bond donors (Lipinski definition) is 0. The number of ether oxygens (including phenoxy) is 1. The highest BCUT2D eigenvalue weighted by Crippen LogP contribution is 2.33. The summed E-state index contributed by atoms with van der Waals surface area (Å²) in [7, 11) is 1.33. The minimum atomic E-state index is -4.58. The Kier molecular flexibility index (Phi) is 5.90. The molecule has 0 radical (unpaired) electrons. The number of piperidine rings is 1. The van der Waals surface area contributed by atoms with Gasteiger partial charge in [-0.3, -0.25) is 4.79 Å². The van der Waals surface area contributed by atoms with Crippen molar-refractivity contribution in [1.82, 2.24) is 9.97 Å². The normalized spacial score (nSPS) is 21.7. The average Bonchev–Trinajstić information content (AvgIpc) is 2.50. The first kappa shape index (κ1) is 18.8. The first-order chi connectivity index (χ1) is 11.2. The van der Waals surface area contributed by atoms with Gasteiger partial charge in [0.05, 0.1) is 7.11 Å². The van der Waals surface area contributed by atoms with Crippen LogP contribution in [0.1, 0.15) is 31.9 Å². The molecule has 0 bridgehead atoms. The third-order valence-corrected chi connectivity index (χ3v) is 4.20. The van der Waals surface area contributed by atoms with Crippen molar-refractivity contribution in [2.75, 3.05) is 25.1 Å². The summed E-state index contributed by atoms with van der Waals surface area (Å²) in [6.45, 7) is 3.12. The minimum absolute atomic E-state index is 0.164. The Labute approximate surface area is 143 Å². The molecule has 5 nitrogen and oxygen atoms in total. The number of methoxy groups -OCH3 is 1. The number of rotatable bonds is 4. The number of esters is 1. The average molecular weight is 366 g/mol. The Bertz CT molecular complexity index is 598. The molecule has 1 aromatic rings. The molecule has 0 amide bonds. The highest BCUT2D eigenvalue weighted by atomic mass is 35.5. The second kappa shape index (κ2) is 7.55. The van der Waals surface area contributed by atoms with Crippen LogP contribution in [0.5, 0.6) is 0 Å². The van der Waals surface area contributed by atoms with Gasteiger partial charge < -0.3 is 9.64 Å². The Morgan fingerprint density at radius 3 is 2.75 bits per heavy atom. The SMILES string of the molecule is COC(=O)CCC1CC(C)CN(c2cc(C(F)(F)F)nc(Cl)n2)C1. The Balaban J connectivity index is 2.15. The Morgan fingerprint density at radius 1 is 1.42 bits per heavy atom. The van der Waals surface area contributed by atoms with Crippen LogP contribution in [0.3, 0.4) is 0 Å². The molecule has 24 heavy (non-hydrogen) atoms. The number of anilines is 1. The molecule has 1 aliphatic rings. The largest absolute Gasteiger partial charge is 0.469 e. The van der Waals surface area contributed by atoms with E-state index in [9.17, 15) is 18.0 Å². The molecule has 2 unspecified atom stereocenters. The van der Waals surface area contributed by atoms with Gasteiger partial charge in [-0.1, -0.05) is 6.92 Å². The lowest BCUT2D eigenvalue weighted by molar-refractivity contribution is -0.142. The second-order valence-corrected chi connectivity index (χ2v) is 6.44. The van der Waals surface area contributed by atoms with E-state index in [2.05, 4.69) is 14.7 Å². The number of hydrogen-bond acceptors (Lipinski definition) is 5. The van der Waals surface area contributed by atoms with E-state index in [1.54, 1.807) is 4.90 Å². The molecular formula is C15H19ClF3N3O2. The summed E-state index contributed by atoms with van der Waals surface area (Å²) in [4.78, 5) is 20.3. The molecular weight excluding hydrogens is 347 g/mol.